The van der Waals surface area contributed by atoms with Crippen LogP contribution in [0.5, 0.6) is 11.5 Å². The van der Waals surface area contributed by atoms with Gasteiger partial charge < -0.3 is 45.7 Å². The van der Waals surface area contributed by atoms with Crippen molar-refractivity contribution < 1.29 is 68.0 Å². The highest BCUT2D eigenvalue weighted by Crippen LogP contribution is 2.44. The van der Waals surface area contributed by atoms with Crippen LogP contribution in [0.2, 0.25) is 0 Å². The Morgan fingerprint density at radius 1 is 0.820 bits per heavy atom. The average Bonchev–Trinajstić information content (AvgIpc) is 3.01. The van der Waals surface area contributed by atoms with Crippen molar-refractivity contribution in [3.8, 4) is 11.5 Å². The molecule has 50 heavy (non-hydrogen) atoms. The molecule has 2 rings (SSSR count). The van der Waals surface area contributed by atoms with E-state index in [0.717, 1.165) is 0 Å². The highest BCUT2D eigenvalue weighted by molar-refractivity contribution is 7.61. The zero-order valence-corrected chi connectivity index (χ0v) is 29.8. The second kappa shape index (κ2) is 20.2. The third-order valence-electron chi connectivity index (χ3n) is 7.26. The second-order valence-corrected chi connectivity index (χ2v) is 15.8. The van der Waals surface area contributed by atoms with Crippen molar-refractivity contribution in [2.75, 3.05) is 26.2 Å². The molecular weight excluding hydrogens is 721 g/mol. The lowest BCUT2D eigenvalue weighted by Gasteiger charge is -2.26. The van der Waals surface area contributed by atoms with Gasteiger partial charge in [-0.05, 0) is 43.0 Å². The molecule has 0 fully saturated rings. The number of aromatic hydroxyl groups is 2. The standard InChI is InChI=1S/C29H41N4O14P3/c1-18(49(43)44)30-25(36)8-4-19-2-6-23(34)21(12-19)14-32(16-27(38)39)10-11-33(17-28(40)41)15-22-13-20(3-7-24(22)35)5-9-26(37)31-29(48-42)50(45,46)47/h2-3,6-7,12-13,18,29,34-35,49H,4-5,8-11,14-17H2,1H3,(H,30,36)(H,31,37)(H,38,39)(H,40,41)(H,43,44)(H2,45,46,47). The molecule has 0 spiro atoms. The van der Waals surface area contributed by atoms with E-state index in [-0.39, 0.29) is 68.9 Å². The number of aliphatic carboxylic acids is 2. The second-order valence-electron chi connectivity index (χ2n) is 11.4. The summed E-state index contributed by atoms with van der Waals surface area (Å²) in [5.41, 5.74) is -0.0946. The maximum atomic E-state index is 12.2. The topological polar surface area (TPSA) is 292 Å². The van der Waals surface area contributed by atoms with E-state index < -0.39 is 72.2 Å². The highest BCUT2D eigenvalue weighted by Gasteiger charge is 2.31. The Balaban J connectivity index is 2.13. The molecule has 0 aromatic heterocycles. The normalized spacial score (nSPS) is 13.6. The molecule has 0 heterocycles. The number of carboxylic acid groups (broad SMARTS) is 2. The van der Waals surface area contributed by atoms with Crippen LogP contribution in [-0.4, -0.2) is 106 Å². The number of phenols is 2. The van der Waals surface area contributed by atoms with Gasteiger partial charge in [-0.25, -0.2) is 0 Å². The van der Waals surface area contributed by atoms with E-state index in [0.29, 0.717) is 16.7 Å². The van der Waals surface area contributed by atoms with Gasteiger partial charge in [-0.3, -0.25) is 42.7 Å². The van der Waals surface area contributed by atoms with E-state index >= 15 is 0 Å². The number of phenolic OH excluding ortho intramolecular Hbond substituents is 2. The van der Waals surface area contributed by atoms with Gasteiger partial charge in [0.2, 0.25) is 25.4 Å². The van der Waals surface area contributed by atoms with Crippen molar-refractivity contribution in [2.45, 2.75) is 57.0 Å². The van der Waals surface area contributed by atoms with Crippen molar-refractivity contribution in [3.63, 3.8) is 0 Å². The Kier molecular flexibility index (Phi) is 17.2. The minimum Gasteiger partial charge on any atom is -0.508 e. The van der Waals surface area contributed by atoms with Gasteiger partial charge in [-0.1, -0.05) is 24.3 Å². The fourth-order valence-electron chi connectivity index (χ4n) is 4.70. The zero-order chi connectivity index (χ0) is 37.6. The number of rotatable bonds is 22. The molecule has 2 amide bonds. The Morgan fingerprint density at radius 3 is 1.60 bits per heavy atom. The largest absolute Gasteiger partial charge is 0.508 e. The summed E-state index contributed by atoms with van der Waals surface area (Å²) in [7, 11) is -8.74. The molecule has 18 nitrogen and oxygen atoms in total. The van der Waals surface area contributed by atoms with Crippen LogP contribution in [0.3, 0.4) is 0 Å². The van der Waals surface area contributed by atoms with E-state index in [4.69, 9.17) is 14.7 Å². The number of hydrogen-bond donors (Lipinski definition) is 9. The number of nitrogens with one attached hydrogen (secondary N) is 2. The van der Waals surface area contributed by atoms with Crippen LogP contribution < -0.4 is 10.6 Å². The third-order valence-corrected chi connectivity index (χ3v) is 10.4. The van der Waals surface area contributed by atoms with Gasteiger partial charge in [0.1, 0.15) is 11.5 Å². The summed E-state index contributed by atoms with van der Waals surface area (Å²) >= 11 is 0. The van der Waals surface area contributed by atoms with E-state index in [9.17, 15) is 53.3 Å². The van der Waals surface area contributed by atoms with Gasteiger partial charge in [0.15, 0.2) is 8.46 Å². The molecule has 0 aliphatic rings. The van der Waals surface area contributed by atoms with Crippen LogP contribution in [0.1, 0.15) is 42.0 Å². The molecule has 2 aromatic rings. The molecule has 0 aliphatic heterocycles. The van der Waals surface area contributed by atoms with E-state index in [1.165, 1.54) is 41.0 Å². The molecule has 0 radical (unpaired) electrons. The number of carbonyl (C=O) groups excluding carboxylic acids is 2. The fourth-order valence-corrected chi connectivity index (χ4v) is 5.98. The lowest BCUT2D eigenvalue weighted by Crippen LogP contribution is -2.39. The highest BCUT2D eigenvalue weighted by atomic mass is 31.2. The summed E-state index contributed by atoms with van der Waals surface area (Å²) in [5.74, 6) is -4.81. The SMILES string of the molecule is CC(NC(=O)CCc1ccc(O)c(CN(CCN(CC(=O)O)Cc2cc(CCC(=O)NC(P=O)P(=O)(O)O)ccc2O)CC(=O)O)c1)[PH](=O)O. The lowest BCUT2D eigenvalue weighted by atomic mass is 10.0. The number of nitrogens with zero attached hydrogens (tertiary/aromatic N) is 2. The number of hydrogen-bond acceptors (Lipinski definition) is 11. The molecular formula is C29H41N4O14P3. The maximum Gasteiger partial charge on any atom is 0.359 e. The smallest absolute Gasteiger partial charge is 0.359 e. The van der Waals surface area contributed by atoms with Gasteiger partial charge >= 0.3 is 19.5 Å². The van der Waals surface area contributed by atoms with Crippen LogP contribution in [0, 0.1) is 0 Å². The maximum absolute atomic E-state index is 12.2. The van der Waals surface area contributed by atoms with Gasteiger partial charge in [-0.15, -0.1) is 0 Å². The monoisotopic (exact) mass is 762 g/mol. The first kappa shape index (κ1) is 42.4. The number of amides is 2. The van der Waals surface area contributed by atoms with Crippen molar-refractivity contribution >= 4 is 47.8 Å². The van der Waals surface area contributed by atoms with Crippen molar-refractivity contribution in [1.82, 2.24) is 20.4 Å². The van der Waals surface area contributed by atoms with Crippen molar-refractivity contribution in [1.29, 1.82) is 0 Å². The van der Waals surface area contributed by atoms with Crippen LogP contribution >= 0.6 is 24.1 Å². The molecule has 3 unspecified atom stereocenters. The first-order valence-electron chi connectivity index (χ1n) is 15.1. The molecule has 9 N–H and O–H groups in total. The van der Waals surface area contributed by atoms with Gasteiger partial charge in [0.05, 0.1) is 18.9 Å². The fraction of sp³-hybridized carbons (Fsp3) is 0.448. The Morgan fingerprint density at radius 2 is 1.24 bits per heavy atom. The summed E-state index contributed by atoms with van der Waals surface area (Å²) in [5, 5.41) is 44.5. The minimum absolute atomic E-state index is 0.00778. The van der Waals surface area contributed by atoms with Gasteiger partial charge in [0, 0.05) is 50.1 Å². The first-order chi connectivity index (χ1) is 23.4. The van der Waals surface area contributed by atoms with E-state index in [1.807, 2.05) is 5.32 Å². The Hall–Kier alpha value is -3.72. The summed E-state index contributed by atoms with van der Waals surface area (Å²) in [6.07, 6.45) is 0.0354. The van der Waals surface area contributed by atoms with Gasteiger partial charge in [0.25, 0.3) is 0 Å². The number of carboxylic acids is 2. The third kappa shape index (κ3) is 15.4. The number of benzene rings is 2. The number of carbonyl (C=O) groups is 4. The summed E-state index contributed by atoms with van der Waals surface area (Å²) < 4.78 is 33.5. The Bertz CT molecular complexity index is 1600. The Labute approximate surface area is 289 Å². The van der Waals surface area contributed by atoms with Crippen LogP contribution in [-0.2, 0) is 58.8 Å². The summed E-state index contributed by atoms with van der Waals surface area (Å²) in [4.78, 5) is 78.1. The van der Waals surface area contributed by atoms with Crippen LogP contribution in [0.25, 0.3) is 0 Å². The molecule has 0 saturated carbocycles. The van der Waals surface area contributed by atoms with Crippen LogP contribution in [0.15, 0.2) is 36.4 Å². The first-order valence-corrected chi connectivity index (χ1v) is 19.1. The van der Waals surface area contributed by atoms with Crippen molar-refractivity contribution in [3.05, 3.63) is 58.7 Å². The van der Waals surface area contributed by atoms with E-state index in [1.54, 1.807) is 12.1 Å². The molecule has 0 bridgehead atoms. The van der Waals surface area contributed by atoms with E-state index in [2.05, 4.69) is 5.32 Å². The minimum atomic E-state index is -4.85. The quantitative estimate of drug-likeness (QED) is 0.0763. The molecule has 3 atom stereocenters. The zero-order valence-electron chi connectivity index (χ0n) is 27.0. The van der Waals surface area contributed by atoms with Crippen molar-refractivity contribution in [2.24, 2.45) is 0 Å². The summed E-state index contributed by atoms with van der Waals surface area (Å²) in [6.45, 7) is 0.327. The average molecular weight is 763 g/mol. The molecule has 0 aliphatic carbocycles. The van der Waals surface area contributed by atoms with Gasteiger partial charge in [-0.2, -0.15) is 0 Å². The predicted molar refractivity (Wildman–Crippen MR) is 179 cm³/mol. The number of aryl methyl sites for hydroxylation is 2. The molecule has 2 aromatic carbocycles. The predicted octanol–water partition coefficient (Wildman–Crippen LogP) is 1.23. The lowest BCUT2D eigenvalue weighted by molar-refractivity contribution is -0.140. The van der Waals surface area contributed by atoms with Crippen LogP contribution in [0.4, 0.5) is 0 Å². The molecule has 21 heteroatoms. The molecule has 276 valence electrons. The molecule has 0 saturated heterocycles. The summed E-state index contributed by atoms with van der Waals surface area (Å²) in [6, 6.07) is 8.93.